The molecule has 0 bridgehead atoms. The van der Waals surface area contributed by atoms with E-state index < -0.39 is 0 Å². The Morgan fingerprint density at radius 2 is 1.83 bits per heavy atom. The molecule has 0 amide bonds. The molecule has 0 aliphatic rings. The number of hydrogen-bond donors (Lipinski definition) is 0. The van der Waals surface area contributed by atoms with Crippen LogP contribution in [0.1, 0.15) is 0 Å². The van der Waals surface area contributed by atoms with E-state index in [0.717, 1.165) is 0 Å². The molecule has 0 heterocycles. The summed E-state index contributed by atoms with van der Waals surface area (Å²) in [6, 6.07) is 0. The van der Waals surface area contributed by atoms with Crippen LogP contribution in [0.2, 0.25) is 5.39 Å². The Balaban J connectivity index is -0.0000000450. The molecule has 0 spiro atoms. The quantitative estimate of drug-likeness (QED) is 0.483. The molecule has 0 aromatic rings. The zero-order valence-corrected chi connectivity index (χ0v) is 6.72. The minimum Gasteiger partial charge on any atom is 0 e. The monoisotopic (exact) mass is 237 g/mol. The van der Waals surface area contributed by atoms with Gasteiger partial charge in [-0.25, -0.2) is 0 Å². The molecule has 0 saturated heterocycles. The normalized spacial score (nSPS) is 4.33. The second kappa shape index (κ2) is 16.4. The topological polar surface area (TPSA) is 0 Å². The summed E-state index contributed by atoms with van der Waals surface area (Å²) in [6.45, 7) is 3.39. The van der Waals surface area contributed by atoms with Crippen molar-refractivity contribution < 1.29 is 32.0 Å². The van der Waals surface area contributed by atoms with Crippen molar-refractivity contribution in [3.63, 3.8) is 0 Å². The van der Waals surface area contributed by atoms with Crippen LogP contribution in [0.3, 0.4) is 0 Å². The largest absolute Gasteiger partial charge is 0 e. The third kappa shape index (κ3) is 18.9. The van der Waals surface area contributed by atoms with Crippen molar-refractivity contribution in [1.82, 2.24) is 0 Å². The fourth-order valence-corrected chi connectivity index (χ4v) is 0. The second-order valence-electron chi connectivity index (χ2n) is 0.418. The van der Waals surface area contributed by atoms with Crippen LogP contribution in [0.4, 0.5) is 0 Å². The van der Waals surface area contributed by atoms with Crippen LogP contribution in [0, 0.1) is 0 Å². The van der Waals surface area contributed by atoms with Crippen molar-refractivity contribution in [1.29, 1.82) is 0 Å². The third-order valence-corrected chi connectivity index (χ3v) is 0.376. The Kier molecular flexibility index (Phi) is 42.8. The van der Waals surface area contributed by atoms with Crippen molar-refractivity contribution in [2.45, 2.75) is 5.39 Å². The van der Waals surface area contributed by atoms with Gasteiger partial charge in [-0.3, -0.25) is 0 Å². The predicted octanol–water partition coefficient (Wildman–Crippen LogP) is 1.71. The number of halogens is 1. The molecule has 0 saturated carbocycles. The Labute approximate surface area is 66.8 Å². The van der Waals surface area contributed by atoms with Crippen LogP contribution in [0.5, 0.6) is 0 Å². The van der Waals surface area contributed by atoms with Crippen LogP contribution in [0.25, 0.3) is 0 Å². The van der Waals surface area contributed by atoms with E-state index in [1.54, 1.807) is 6.08 Å². The van der Waals surface area contributed by atoms with Crippen molar-refractivity contribution in [2.75, 3.05) is 0 Å². The maximum Gasteiger partial charge on any atom is 0 e. The van der Waals surface area contributed by atoms with Gasteiger partial charge < -0.3 is 0 Å². The van der Waals surface area contributed by atoms with Crippen LogP contribution in [0.15, 0.2) is 12.7 Å². The Bertz CT molecular complexity index is 22.8. The van der Waals surface area contributed by atoms with Crippen molar-refractivity contribution in [3.8, 4) is 0 Å². The van der Waals surface area contributed by atoms with E-state index in [4.69, 9.17) is 0 Å². The smallest absolute Gasteiger partial charge is 0 e. The first-order chi connectivity index (χ1) is 1.91. The van der Waals surface area contributed by atoms with Gasteiger partial charge in [-0.1, -0.05) is 0 Å². The summed E-state index contributed by atoms with van der Waals surface area (Å²) < 4.78 is 0. The molecule has 0 radical (unpaired) electrons. The van der Waals surface area contributed by atoms with E-state index in [9.17, 15) is 0 Å². The summed E-state index contributed by atoms with van der Waals surface area (Å²) in [4.78, 5) is 0. The van der Waals surface area contributed by atoms with E-state index in [1.807, 2.05) is 0 Å². The average molecular weight is 239 g/mol. The third-order valence-electron chi connectivity index (χ3n) is 0.0913. The molecule has 6 heavy (non-hydrogen) atoms. The average Bonchev–Trinajstić information content (AvgIpc) is 1.37. The summed E-state index contributed by atoms with van der Waals surface area (Å²) in [6.07, 6.45) is 1.71. The Morgan fingerprint density at radius 3 is 1.83 bits per heavy atom. The molecule has 0 aliphatic heterocycles. The van der Waals surface area contributed by atoms with E-state index in [2.05, 4.69) is 22.0 Å². The Morgan fingerprint density at radius 1 is 1.67 bits per heavy atom. The van der Waals surface area contributed by atoms with E-state index in [-0.39, 0.29) is 33.5 Å². The molecule has 45 valence electrons. The first-order valence-electron chi connectivity index (χ1n) is 1.04. The van der Waals surface area contributed by atoms with Gasteiger partial charge in [0.2, 0.25) is 0 Å². The van der Waals surface area contributed by atoms with Gasteiger partial charge in [0.1, 0.15) is 0 Å². The predicted molar refractivity (Wildman–Crippen MR) is 25.3 cm³/mol. The molecular formula is C3H6BrNi2. The summed E-state index contributed by atoms with van der Waals surface area (Å²) in [7, 11) is 0. The van der Waals surface area contributed by atoms with Gasteiger partial charge in [0, 0.05) is 16.5 Å². The van der Waals surface area contributed by atoms with Gasteiger partial charge in [-0.15, -0.1) is 17.0 Å². The van der Waals surface area contributed by atoms with Gasteiger partial charge in [0.15, 0.2) is 0 Å². The Hall–Kier alpha value is 1.21. The molecule has 3 heteroatoms. The molecule has 0 unspecified atom stereocenters. The van der Waals surface area contributed by atoms with Gasteiger partial charge in [0.05, 0.1) is 0 Å². The second-order valence-corrected chi connectivity index (χ2v) is 0.821. The fraction of sp³-hybridized carbons (Fsp3) is 0.333. The molecule has 0 rings (SSSR count). The zero-order chi connectivity index (χ0) is 3.41. The summed E-state index contributed by atoms with van der Waals surface area (Å²) in [5.41, 5.74) is 0. The minimum atomic E-state index is 0. The zero-order valence-electron chi connectivity index (χ0n) is 3.03. The van der Waals surface area contributed by atoms with Crippen LogP contribution in [-0.4, -0.2) is 0 Å². The van der Waals surface area contributed by atoms with Gasteiger partial charge in [-0.2, -0.15) is 0 Å². The number of rotatable bonds is 1. The van der Waals surface area contributed by atoms with Crippen LogP contribution < -0.4 is 0 Å². The molecule has 0 nitrogen and oxygen atoms in total. The maximum absolute atomic E-state index is 4.20. The molecule has 0 aliphatic carbocycles. The molecular weight excluding hydrogens is 233 g/mol. The molecule has 0 aromatic heterocycles. The van der Waals surface area contributed by atoms with Crippen molar-refractivity contribution >= 4 is 17.0 Å². The van der Waals surface area contributed by atoms with Crippen molar-refractivity contribution in [3.05, 3.63) is 12.7 Å². The SMILES string of the molecule is Br.C=C[CH2][Ni].[Ni]. The number of hydrogen-bond acceptors (Lipinski definition) is 0. The summed E-state index contributed by atoms with van der Waals surface area (Å²) in [5, 5.41) is 0.708. The summed E-state index contributed by atoms with van der Waals surface area (Å²) >= 11 is 4.20. The first kappa shape index (κ1) is 15.7. The van der Waals surface area contributed by atoms with Crippen molar-refractivity contribution in [2.24, 2.45) is 0 Å². The van der Waals surface area contributed by atoms with Crippen LogP contribution >= 0.6 is 17.0 Å². The van der Waals surface area contributed by atoms with Crippen LogP contribution in [-0.2, 0) is 32.0 Å². The molecule has 0 fully saturated rings. The van der Waals surface area contributed by atoms with E-state index in [0.29, 0.717) is 5.39 Å². The van der Waals surface area contributed by atoms with E-state index in [1.165, 1.54) is 0 Å². The van der Waals surface area contributed by atoms with Gasteiger partial charge in [-0.05, 0) is 0 Å². The number of allylic oxidation sites excluding steroid dienone is 1. The first-order valence-corrected chi connectivity index (χ1v) is 1.74. The molecule has 0 aromatic carbocycles. The molecule has 0 atom stereocenters. The van der Waals surface area contributed by atoms with Gasteiger partial charge >= 0.3 is 33.5 Å². The standard InChI is InChI=1S/C3H5.BrH.2Ni/c1-3-2;;;/h3H,1-2H2;1H;;. The minimum absolute atomic E-state index is 0. The summed E-state index contributed by atoms with van der Waals surface area (Å²) in [5.74, 6) is 0. The van der Waals surface area contributed by atoms with E-state index >= 15 is 0 Å². The fourth-order valence-electron chi connectivity index (χ4n) is 0. The van der Waals surface area contributed by atoms with Gasteiger partial charge in [0.25, 0.3) is 0 Å². The molecule has 0 N–H and O–H groups in total. The maximum atomic E-state index is 4.20.